The van der Waals surface area contributed by atoms with Crippen LogP contribution < -0.4 is 10.6 Å². The molecule has 1 aliphatic rings. The van der Waals surface area contributed by atoms with Crippen molar-refractivity contribution in [3.63, 3.8) is 0 Å². The van der Waals surface area contributed by atoms with E-state index < -0.39 is 0 Å². The highest BCUT2D eigenvalue weighted by atomic mass is 16.3. The van der Waals surface area contributed by atoms with Gasteiger partial charge in [0.15, 0.2) is 0 Å². The molecular formula is C12H19N5O. The van der Waals surface area contributed by atoms with Crippen molar-refractivity contribution >= 4 is 11.8 Å². The molecule has 6 heteroatoms. The number of nitrogens with two attached hydrogens (primary N) is 1. The molecule has 4 N–H and O–H groups in total. The number of aromatic nitrogens is 2. The van der Waals surface area contributed by atoms with Gasteiger partial charge in [-0.3, -0.25) is 5.41 Å². The van der Waals surface area contributed by atoms with E-state index in [-0.39, 0.29) is 17.9 Å². The molecule has 2 rings (SSSR count). The standard InChI is InChI=1S/C12H19N5O/c1-7-5-10(11(13)14)16-12(15-7)17-4-3-9(6-17)8(2)18/h5,8-9,18H,3-4,6H2,1-2H3,(H3,13,14). The monoisotopic (exact) mass is 249 g/mol. The Kier molecular flexibility index (Phi) is 3.47. The number of nitrogens with zero attached hydrogens (tertiary/aromatic N) is 3. The Morgan fingerprint density at radius 1 is 1.61 bits per heavy atom. The summed E-state index contributed by atoms with van der Waals surface area (Å²) in [6.45, 7) is 5.25. The topological polar surface area (TPSA) is 99.1 Å². The number of hydrogen-bond donors (Lipinski definition) is 3. The van der Waals surface area contributed by atoms with Crippen molar-refractivity contribution in [3.8, 4) is 0 Å². The fourth-order valence-corrected chi connectivity index (χ4v) is 2.19. The Hall–Kier alpha value is -1.69. The summed E-state index contributed by atoms with van der Waals surface area (Å²) in [4.78, 5) is 10.7. The van der Waals surface area contributed by atoms with Gasteiger partial charge in [-0.2, -0.15) is 0 Å². The summed E-state index contributed by atoms with van der Waals surface area (Å²) in [5.74, 6) is 0.811. The van der Waals surface area contributed by atoms with Crippen LogP contribution >= 0.6 is 0 Å². The first kappa shape index (κ1) is 12.8. The predicted molar refractivity (Wildman–Crippen MR) is 69.8 cm³/mol. The van der Waals surface area contributed by atoms with Gasteiger partial charge in [0.25, 0.3) is 0 Å². The summed E-state index contributed by atoms with van der Waals surface area (Å²) in [6.07, 6.45) is 0.622. The zero-order chi connectivity index (χ0) is 13.3. The molecule has 1 aromatic rings. The van der Waals surface area contributed by atoms with Gasteiger partial charge in [-0.1, -0.05) is 0 Å². The smallest absolute Gasteiger partial charge is 0.226 e. The van der Waals surface area contributed by atoms with Gasteiger partial charge >= 0.3 is 0 Å². The molecule has 0 bridgehead atoms. The summed E-state index contributed by atoms with van der Waals surface area (Å²) in [5, 5.41) is 17.0. The fourth-order valence-electron chi connectivity index (χ4n) is 2.19. The first-order valence-electron chi connectivity index (χ1n) is 6.10. The second-order valence-corrected chi connectivity index (χ2v) is 4.84. The molecule has 2 atom stereocenters. The third-order valence-corrected chi connectivity index (χ3v) is 3.31. The van der Waals surface area contributed by atoms with E-state index in [1.165, 1.54) is 0 Å². The van der Waals surface area contributed by atoms with E-state index in [4.69, 9.17) is 11.1 Å². The summed E-state index contributed by atoms with van der Waals surface area (Å²) < 4.78 is 0. The van der Waals surface area contributed by atoms with Gasteiger partial charge in [-0.05, 0) is 26.3 Å². The molecule has 0 saturated carbocycles. The molecule has 1 saturated heterocycles. The number of aliphatic hydroxyl groups excluding tert-OH is 1. The lowest BCUT2D eigenvalue weighted by atomic mass is 10.0. The average molecular weight is 249 g/mol. The third kappa shape index (κ3) is 2.59. The SMILES string of the molecule is Cc1cc(C(=N)N)nc(N2CCC(C(C)O)C2)n1. The van der Waals surface area contributed by atoms with E-state index in [9.17, 15) is 5.11 Å². The molecule has 6 nitrogen and oxygen atoms in total. The van der Waals surface area contributed by atoms with Gasteiger partial charge in [0.2, 0.25) is 5.95 Å². The molecule has 18 heavy (non-hydrogen) atoms. The molecule has 98 valence electrons. The Morgan fingerprint density at radius 3 is 2.89 bits per heavy atom. The number of aliphatic hydroxyl groups is 1. The highest BCUT2D eigenvalue weighted by Crippen LogP contribution is 2.23. The maximum atomic E-state index is 9.59. The van der Waals surface area contributed by atoms with Crippen molar-refractivity contribution in [1.82, 2.24) is 9.97 Å². The molecule has 0 radical (unpaired) electrons. The van der Waals surface area contributed by atoms with Crippen LogP contribution in [0.2, 0.25) is 0 Å². The van der Waals surface area contributed by atoms with E-state index in [0.29, 0.717) is 11.6 Å². The first-order valence-corrected chi connectivity index (χ1v) is 6.10. The van der Waals surface area contributed by atoms with Gasteiger partial charge in [-0.15, -0.1) is 0 Å². The van der Waals surface area contributed by atoms with Gasteiger partial charge in [-0.25, -0.2) is 9.97 Å². The van der Waals surface area contributed by atoms with Gasteiger partial charge in [0.1, 0.15) is 11.5 Å². The Morgan fingerprint density at radius 2 is 2.33 bits per heavy atom. The van der Waals surface area contributed by atoms with Crippen LogP contribution in [-0.2, 0) is 0 Å². The number of nitrogens with one attached hydrogen (secondary N) is 1. The third-order valence-electron chi connectivity index (χ3n) is 3.31. The van der Waals surface area contributed by atoms with Crippen molar-refractivity contribution in [2.45, 2.75) is 26.4 Å². The largest absolute Gasteiger partial charge is 0.393 e. The van der Waals surface area contributed by atoms with Crippen LogP contribution in [0.4, 0.5) is 5.95 Å². The molecule has 1 aromatic heterocycles. The van der Waals surface area contributed by atoms with Crippen LogP contribution in [0.15, 0.2) is 6.07 Å². The van der Waals surface area contributed by atoms with Gasteiger partial charge in [0.05, 0.1) is 6.10 Å². The molecule has 0 spiro atoms. The predicted octanol–water partition coefficient (Wildman–Crippen LogP) is 0.276. The van der Waals surface area contributed by atoms with Gasteiger partial charge in [0, 0.05) is 24.7 Å². The highest BCUT2D eigenvalue weighted by molar-refractivity contribution is 5.93. The molecule has 0 amide bonds. The van der Waals surface area contributed by atoms with Crippen molar-refractivity contribution in [2.75, 3.05) is 18.0 Å². The summed E-state index contributed by atoms with van der Waals surface area (Å²) in [6, 6.07) is 1.70. The number of amidine groups is 1. The Balaban J connectivity index is 2.21. The minimum Gasteiger partial charge on any atom is -0.393 e. The van der Waals surface area contributed by atoms with E-state index in [0.717, 1.165) is 25.2 Å². The van der Waals surface area contributed by atoms with Crippen molar-refractivity contribution < 1.29 is 5.11 Å². The maximum absolute atomic E-state index is 9.59. The van der Waals surface area contributed by atoms with Gasteiger partial charge < -0.3 is 15.7 Å². The first-order chi connectivity index (χ1) is 8.47. The highest BCUT2D eigenvalue weighted by Gasteiger charge is 2.27. The summed E-state index contributed by atoms with van der Waals surface area (Å²) >= 11 is 0. The molecule has 1 aliphatic heterocycles. The van der Waals surface area contributed by atoms with Crippen LogP contribution in [0.1, 0.15) is 24.7 Å². The zero-order valence-corrected chi connectivity index (χ0v) is 10.7. The molecule has 1 fully saturated rings. The molecule has 0 aromatic carbocycles. The van der Waals surface area contributed by atoms with Crippen LogP contribution in [0, 0.1) is 18.3 Å². The van der Waals surface area contributed by atoms with Crippen LogP contribution in [0.25, 0.3) is 0 Å². The summed E-state index contributed by atoms with van der Waals surface area (Å²) in [7, 11) is 0. The molecule has 2 unspecified atom stereocenters. The average Bonchev–Trinajstić information content (AvgIpc) is 2.77. The number of nitrogen functional groups attached to an aromatic ring is 1. The Bertz CT molecular complexity index is 460. The van der Waals surface area contributed by atoms with E-state index in [1.54, 1.807) is 6.07 Å². The second kappa shape index (κ2) is 4.89. The van der Waals surface area contributed by atoms with E-state index in [1.807, 2.05) is 18.7 Å². The minimum atomic E-state index is -0.313. The lowest BCUT2D eigenvalue weighted by Gasteiger charge is -2.18. The van der Waals surface area contributed by atoms with E-state index >= 15 is 0 Å². The second-order valence-electron chi connectivity index (χ2n) is 4.84. The number of rotatable bonds is 3. The molecular weight excluding hydrogens is 230 g/mol. The fraction of sp³-hybridized carbons (Fsp3) is 0.583. The number of aryl methyl sites for hydroxylation is 1. The normalized spacial score (nSPS) is 21.1. The van der Waals surface area contributed by atoms with E-state index in [2.05, 4.69) is 9.97 Å². The molecule has 2 heterocycles. The quantitative estimate of drug-likeness (QED) is 0.527. The molecule has 0 aliphatic carbocycles. The Labute approximate surface area is 106 Å². The minimum absolute atomic E-state index is 0.0481. The van der Waals surface area contributed by atoms with Crippen molar-refractivity contribution in [3.05, 3.63) is 17.5 Å². The van der Waals surface area contributed by atoms with Crippen LogP contribution in [-0.4, -0.2) is 40.1 Å². The zero-order valence-electron chi connectivity index (χ0n) is 10.7. The summed E-state index contributed by atoms with van der Waals surface area (Å²) in [5.41, 5.74) is 6.71. The van der Waals surface area contributed by atoms with Crippen molar-refractivity contribution in [2.24, 2.45) is 11.7 Å². The number of anilines is 1. The maximum Gasteiger partial charge on any atom is 0.226 e. The van der Waals surface area contributed by atoms with Crippen LogP contribution in [0.3, 0.4) is 0 Å². The van der Waals surface area contributed by atoms with Crippen LogP contribution in [0.5, 0.6) is 0 Å². The van der Waals surface area contributed by atoms with Crippen molar-refractivity contribution in [1.29, 1.82) is 5.41 Å². The lowest BCUT2D eigenvalue weighted by molar-refractivity contribution is 0.136. The lowest BCUT2D eigenvalue weighted by Crippen LogP contribution is -2.26. The number of hydrogen-bond acceptors (Lipinski definition) is 5.